The molecule has 1 aromatic rings. The largest absolute Gasteiger partial charge is 0.383 e. The van der Waals surface area contributed by atoms with Crippen LogP contribution in [0.4, 0.5) is 0 Å². The van der Waals surface area contributed by atoms with Gasteiger partial charge in [0.15, 0.2) is 0 Å². The van der Waals surface area contributed by atoms with Crippen LogP contribution in [0.2, 0.25) is 0 Å². The third-order valence-electron chi connectivity index (χ3n) is 7.76. The molecule has 3 aliphatic heterocycles. The Balaban J connectivity index is 1.63. The maximum Gasteiger partial charge on any atom is 0.113 e. The van der Waals surface area contributed by atoms with Gasteiger partial charge < -0.3 is 4.74 Å². The van der Waals surface area contributed by atoms with Crippen molar-refractivity contribution in [1.82, 2.24) is 19.6 Å². The summed E-state index contributed by atoms with van der Waals surface area (Å²) in [7, 11) is 1.79. The van der Waals surface area contributed by atoms with Crippen molar-refractivity contribution in [2.24, 2.45) is 0 Å². The summed E-state index contributed by atoms with van der Waals surface area (Å²) in [6, 6.07) is 10.9. The number of hydrogen-bond acceptors (Lipinski definition) is 6. The normalized spacial score (nSPS) is 22.6. The monoisotopic (exact) mass is 439 g/mol. The number of nitriles is 1. The summed E-state index contributed by atoms with van der Waals surface area (Å²) in [6.45, 7) is 12.0. The van der Waals surface area contributed by atoms with Gasteiger partial charge in [-0.3, -0.25) is 19.6 Å². The third kappa shape index (κ3) is 5.35. The summed E-state index contributed by atoms with van der Waals surface area (Å²) in [5.41, 5.74) is 2.04. The van der Waals surface area contributed by atoms with Crippen molar-refractivity contribution in [2.45, 2.75) is 44.2 Å². The van der Waals surface area contributed by atoms with Gasteiger partial charge in [0.25, 0.3) is 0 Å². The molecule has 32 heavy (non-hydrogen) atoms. The smallest absolute Gasteiger partial charge is 0.113 e. The van der Waals surface area contributed by atoms with Crippen LogP contribution < -0.4 is 0 Å². The molecule has 0 aliphatic carbocycles. The first-order valence-electron chi connectivity index (χ1n) is 12.7. The summed E-state index contributed by atoms with van der Waals surface area (Å²) < 4.78 is 5.30. The number of hydrogen-bond donors (Lipinski definition) is 0. The fraction of sp³-hybridized carbons (Fsp3) is 0.731. The van der Waals surface area contributed by atoms with Gasteiger partial charge in [-0.25, -0.2) is 0 Å². The molecular formula is C26H41N5O. The molecule has 0 aromatic heterocycles. The standard InChI is InChI=1S/C26H41N5O/c1-32-21-20-28-16-18-29(19-17-28)23-26(30-12-4-2-5-13-30,31-14-6-3-7-15-31)25-10-8-24(22-27)9-11-25/h8-11H,2-7,12-21,23H2,1H3. The van der Waals surface area contributed by atoms with E-state index in [-0.39, 0.29) is 5.66 Å². The van der Waals surface area contributed by atoms with Gasteiger partial charge in [-0.2, -0.15) is 5.26 Å². The molecule has 0 amide bonds. The number of piperidine rings is 2. The van der Waals surface area contributed by atoms with Crippen molar-refractivity contribution in [3.05, 3.63) is 35.4 Å². The predicted molar refractivity (Wildman–Crippen MR) is 128 cm³/mol. The Bertz CT molecular complexity index is 708. The topological polar surface area (TPSA) is 46.0 Å². The summed E-state index contributed by atoms with van der Waals surface area (Å²) in [4.78, 5) is 10.8. The Morgan fingerprint density at radius 2 is 1.31 bits per heavy atom. The van der Waals surface area contributed by atoms with Crippen LogP contribution in [0.25, 0.3) is 0 Å². The molecule has 3 saturated heterocycles. The fourth-order valence-corrected chi connectivity index (χ4v) is 5.90. The fourth-order valence-electron chi connectivity index (χ4n) is 5.90. The zero-order valence-corrected chi connectivity index (χ0v) is 20.0. The minimum atomic E-state index is -0.0937. The van der Waals surface area contributed by atoms with Gasteiger partial charge in [-0.05, 0) is 43.4 Å². The average Bonchev–Trinajstić information content (AvgIpc) is 2.88. The van der Waals surface area contributed by atoms with Crippen molar-refractivity contribution in [2.75, 3.05) is 79.2 Å². The second-order valence-electron chi connectivity index (χ2n) is 9.71. The van der Waals surface area contributed by atoms with Gasteiger partial charge in [0.1, 0.15) is 5.66 Å². The molecule has 6 heteroatoms. The Morgan fingerprint density at radius 1 is 0.781 bits per heavy atom. The molecule has 0 atom stereocenters. The lowest BCUT2D eigenvalue weighted by Crippen LogP contribution is -2.66. The van der Waals surface area contributed by atoms with Gasteiger partial charge in [0.05, 0.1) is 18.2 Å². The van der Waals surface area contributed by atoms with Crippen LogP contribution in [-0.2, 0) is 10.4 Å². The van der Waals surface area contributed by atoms with Crippen molar-refractivity contribution < 1.29 is 4.74 Å². The molecule has 3 heterocycles. The molecule has 3 fully saturated rings. The highest BCUT2D eigenvalue weighted by atomic mass is 16.5. The van der Waals surface area contributed by atoms with E-state index < -0.39 is 0 Å². The Labute approximate surface area is 194 Å². The molecular weight excluding hydrogens is 398 g/mol. The second-order valence-corrected chi connectivity index (χ2v) is 9.71. The SMILES string of the molecule is COCCN1CCN(CC(c2ccc(C#N)cc2)(N2CCCCC2)N2CCCCC2)CC1. The molecule has 176 valence electrons. The molecule has 0 N–H and O–H groups in total. The molecule has 0 spiro atoms. The number of piperazine rings is 1. The lowest BCUT2D eigenvalue weighted by atomic mass is 9.89. The number of nitrogens with zero attached hydrogens (tertiary/aromatic N) is 5. The van der Waals surface area contributed by atoms with Crippen LogP contribution in [0.5, 0.6) is 0 Å². The van der Waals surface area contributed by atoms with Gasteiger partial charge >= 0.3 is 0 Å². The molecule has 4 rings (SSSR count). The quantitative estimate of drug-likeness (QED) is 0.621. The van der Waals surface area contributed by atoms with Crippen LogP contribution in [0.1, 0.15) is 49.7 Å². The molecule has 3 aliphatic rings. The first-order chi connectivity index (χ1) is 15.8. The van der Waals surface area contributed by atoms with Crippen LogP contribution in [0.15, 0.2) is 24.3 Å². The van der Waals surface area contributed by atoms with E-state index in [1.165, 1.54) is 70.3 Å². The maximum absolute atomic E-state index is 9.38. The van der Waals surface area contributed by atoms with Crippen molar-refractivity contribution in [3.63, 3.8) is 0 Å². The van der Waals surface area contributed by atoms with E-state index in [9.17, 15) is 5.26 Å². The van der Waals surface area contributed by atoms with Crippen LogP contribution in [-0.4, -0.2) is 98.8 Å². The van der Waals surface area contributed by atoms with E-state index in [0.29, 0.717) is 0 Å². The molecule has 0 radical (unpaired) electrons. The first kappa shape index (κ1) is 23.7. The zero-order chi connectivity index (χ0) is 22.2. The second kappa shape index (κ2) is 11.6. The number of rotatable bonds is 8. The maximum atomic E-state index is 9.38. The van der Waals surface area contributed by atoms with Crippen molar-refractivity contribution >= 4 is 0 Å². The third-order valence-corrected chi connectivity index (χ3v) is 7.76. The van der Waals surface area contributed by atoms with E-state index >= 15 is 0 Å². The average molecular weight is 440 g/mol. The van der Waals surface area contributed by atoms with E-state index in [2.05, 4.69) is 37.8 Å². The summed E-state index contributed by atoms with van der Waals surface area (Å²) in [6.07, 6.45) is 7.84. The van der Waals surface area contributed by atoms with Gasteiger partial charge in [-0.15, -0.1) is 0 Å². The highest BCUT2D eigenvalue weighted by Gasteiger charge is 2.46. The van der Waals surface area contributed by atoms with Gasteiger partial charge in [-0.1, -0.05) is 25.0 Å². The lowest BCUT2D eigenvalue weighted by molar-refractivity contribution is -0.106. The van der Waals surface area contributed by atoms with Crippen LogP contribution in [0.3, 0.4) is 0 Å². The molecule has 0 saturated carbocycles. The van der Waals surface area contributed by atoms with Gasteiger partial charge in [0, 0.05) is 72.6 Å². The number of benzene rings is 1. The van der Waals surface area contributed by atoms with E-state index in [1.807, 2.05) is 12.1 Å². The van der Waals surface area contributed by atoms with E-state index in [4.69, 9.17) is 4.74 Å². The molecule has 1 aromatic carbocycles. The minimum Gasteiger partial charge on any atom is -0.383 e. The van der Waals surface area contributed by atoms with Crippen molar-refractivity contribution in [1.29, 1.82) is 5.26 Å². The van der Waals surface area contributed by atoms with Crippen LogP contribution >= 0.6 is 0 Å². The lowest BCUT2D eigenvalue weighted by Gasteiger charge is -2.56. The summed E-state index contributed by atoms with van der Waals surface area (Å²) >= 11 is 0. The number of ether oxygens (including phenoxy) is 1. The Hall–Kier alpha value is -1.49. The zero-order valence-electron chi connectivity index (χ0n) is 20.0. The Kier molecular flexibility index (Phi) is 8.56. The van der Waals surface area contributed by atoms with E-state index in [1.54, 1.807) is 7.11 Å². The van der Waals surface area contributed by atoms with Crippen molar-refractivity contribution in [3.8, 4) is 6.07 Å². The van der Waals surface area contributed by atoms with Gasteiger partial charge in [0.2, 0.25) is 0 Å². The molecule has 6 nitrogen and oxygen atoms in total. The molecule has 0 unspecified atom stereocenters. The molecule has 0 bridgehead atoms. The number of likely N-dealkylation sites (tertiary alicyclic amines) is 2. The van der Waals surface area contributed by atoms with E-state index in [0.717, 1.165) is 51.4 Å². The first-order valence-corrected chi connectivity index (χ1v) is 12.7. The predicted octanol–water partition coefficient (Wildman–Crippen LogP) is 2.95. The summed E-state index contributed by atoms with van der Waals surface area (Å²) in [5, 5.41) is 9.38. The Morgan fingerprint density at radius 3 is 1.81 bits per heavy atom. The summed E-state index contributed by atoms with van der Waals surface area (Å²) in [5.74, 6) is 0. The minimum absolute atomic E-state index is 0.0937. The highest BCUT2D eigenvalue weighted by Crippen LogP contribution is 2.38. The van der Waals surface area contributed by atoms with Crippen LogP contribution in [0, 0.1) is 11.3 Å². The highest BCUT2D eigenvalue weighted by molar-refractivity contribution is 5.35. The number of methoxy groups -OCH3 is 1.